The number of ether oxygens (including phenoxy) is 2. The van der Waals surface area contributed by atoms with E-state index in [0.717, 1.165) is 32.7 Å². The SMILES string of the molecule is O=C(NCC1CC1)[C@H]1C[C@@H]2[C@@H](CCN2C(=O)C2[C@H]3COC[C@@H]23)O1. The van der Waals surface area contributed by atoms with Crippen molar-refractivity contribution in [3.8, 4) is 0 Å². The number of fused-ring (bicyclic) bond motifs is 2. The average molecular weight is 320 g/mol. The monoisotopic (exact) mass is 320 g/mol. The van der Waals surface area contributed by atoms with E-state index in [-0.39, 0.29) is 36.0 Å². The van der Waals surface area contributed by atoms with Crippen molar-refractivity contribution in [3.05, 3.63) is 0 Å². The Balaban J connectivity index is 1.19. The molecule has 2 aliphatic carbocycles. The van der Waals surface area contributed by atoms with Crippen LogP contribution in [-0.4, -0.2) is 61.3 Å². The van der Waals surface area contributed by atoms with Gasteiger partial charge in [-0.25, -0.2) is 0 Å². The van der Waals surface area contributed by atoms with Crippen LogP contribution >= 0.6 is 0 Å². The molecule has 6 atom stereocenters. The Labute approximate surface area is 135 Å². The first-order valence-electron chi connectivity index (χ1n) is 9.04. The molecule has 126 valence electrons. The first kappa shape index (κ1) is 14.2. The Bertz CT molecular complexity index is 525. The predicted octanol–water partition coefficient (Wildman–Crippen LogP) is 0.163. The summed E-state index contributed by atoms with van der Waals surface area (Å²) in [6, 6.07) is 0.0985. The summed E-state index contributed by atoms with van der Waals surface area (Å²) in [5.41, 5.74) is 0. The van der Waals surface area contributed by atoms with Crippen molar-refractivity contribution >= 4 is 11.8 Å². The lowest BCUT2D eigenvalue weighted by Crippen LogP contribution is -2.41. The summed E-state index contributed by atoms with van der Waals surface area (Å²) in [5.74, 6) is 2.02. The second-order valence-corrected chi connectivity index (χ2v) is 7.87. The Morgan fingerprint density at radius 3 is 2.65 bits per heavy atom. The molecule has 6 heteroatoms. The molecular weight excluding hydrogens is 296 g/mol. The smallest absolute Gasteiger partial charge is 0.249 e. The molecule has 3 aliphatic heterocycles. The van der Waals surface area contributed by atoms with E-state index >= 15 is 0 Å². The second kappa shape index (κ2) is 5.18. The van der Waals surface area contributed by atoms with Crippen LogP contribution in [0.3, 0.4) is 0 Å². The van der Waals surface area contributed by atoms with Crippen LogP contribution in [0.5, 0.6) is 0 Å². The third-order valence-corrected chi connectivity index (χ3v) is 6.35. The van der Waals surface area contributed by atoms with Gasteiger partial charge >= 0.3 is 0 Å². The highest BCUT2D eigenvalue weighted by Gasteiger charge is 2.60. The van der Waals surface area contributed by atoms with E-state index in [1.165, 1.54) is 12.8 Å². The fourth-order valence-electron chi connectivity index (χ4n) is 4.67. The molecule has 5 aliphatic rings. The predicted molar refractivity (Wildman–Crippen MR) is 80.4 cm³/mol. The van der Waals surface area contributed by atoms with E-state index in [0.29, 0.717) is 24.2 Å². The van der Waals surface area contributed by atoms with Gasteiger partial charge in [0.1, 0.15) is 6.10 Å². The zero-order valence-electron chi connectivity index (χ0n) is 13.3. The zero-order chi connectivity index (χ0) is 15.6. The van der Waals surface area contributed by atoms with Crippen molar-refractivity contribution in [2.45, 2.75) is 43.9 Å². The molecule has 0 bridgehead atoms. The third kappa shape index (κ3) is 2.38. The molecule has 2 amide bonds. The first-order valence-corrected chi connectivity index (χ1v) is 9.04. The summed E-state index contributed by atoms with van der Waals surface area (Å²) in [6.07, 6.45) is 3.65. The lowest BCUT2D eigenvalue weighted by molar-refractivity contribution is -0.135. The molecule has 2 saturated carbocycles. The second-order valence-electron chi connectivity index (χ2n) is 7.87. The third-order valence-electron chi connectivity index (χ3n) is 6.35. The van der Waals surface area contributed by atoms with Gasteiger partial charge in [0.25, 0.3) is 0 Å². The molecule has 23 heavy (non-hydrogen) atoms. The van der Waals surface area contributed by atoms with Crippen LogP contribution in [0.25, 0.3) is 0 Å². The van der Waals surface area contributed by atoms with Crippen LogP contribution in [0.15, 0.2) is 0 Å². The van der Waals surface area contributed by atoms with E-state index in [1.807, 2.05) is 4.90 Å². The lowest BCUT2D eigenvalue weighted by atomic mass is 10.1. The molecule has 0 aromatic carbocycles. The van der Waals surface area contributed by atoms with Gasteiger partial charge in [-0.15, -0.1) is 0 Å². The zero-order valence-corrected chi connectivity index (χ0v) is 13.3. The highest BCUT2D eigenvalue weighted by molar-refractivity contribution is 5.84. The number of amides is 2. The number of carbonyl (C=O) groups excluding carboxylic acids is 2. The van der Waals surface area contributed by atoms with Crippen molar-refractivity contribution in [1.29, 1.82) is 0 Å². The van der Waals surface area contributed by atoms with Crippen molar-refractivity contribution in [2.24, 2.45) is 23.7 Å². The highest BCUT2D eigenvalue weighted by atomic mass is 16.5. The standard InChI is InChI=1S/C17H24N2O4/c20-16(18-6-9-1-2-9)14-5-12-13(23-14)3-4-19(12)17(21)15-10-7-22-8-11(10)15/h9-15H,1-8H2,(H,18,20)/t10-,11+,12-,13-,14-,15?/m1/s1. The molecule has 3 saturated heterocycles. The maximum Gasteiger partial charge on any atom is 0.249 e. The van der Waals surface area contributed by atoms with E-state index < -0.39 is 0 Å². The Hall–Kier alpha value is -1.14. The molecule has 0 radical (unpaired) electrons. The van der Waals surface area contributed by atoms with E-state index in [9.17, 15) is 9.59 Å². The number of nitrogens with one attached hydrogen (secondary N) is 1. The van der Waals surface area contributed by atoms with Gasteiger partial charge in [-0.2, -0.15) is 0 Å². The number of likely N-dealkylation sites (tertiary alicyclic amines) is 1. The number of carbonyl (C=O) groups is 2. The summed E-state index contributed by atoms with van der Waals surface area (Å²) in [6.45, 7) is 3.04. The van der Waals surface area contributed by atoms with Gasteiger partial charge < -0.3 is 19.7 Å². The van der Waals surface area contributed by atoms with Crippen LogP contribution in [-0.2, 0) is 19.1 Å². The van der Waals surface area contributed by atoms with Gasteiger partial charge in [0.05, 0.1) is 25.4 Å². The molecule has 1 unspecified atom stereocenters. The molecule has 1 N–H and O–H groups in total. The van der Waals surface area contributed by atoms with E-state index in [2.05, 4.69) is 5.32 Å². The average Bonchev–Trinajstić information content (AvgIpc) is 3.31. The first-order chi connectivity index (χ1) is 11.2. The number of nitrogens with zero attached hydrogens (tertiary/aromatic N) is 1. The molecule has 6 nitrogen and oxygen atoms in total. The molecular formula is C17H24N2O4. The minimum atomic E-state index is -0.374. The number of hydrogen-bond acceptors (Lipinski definition) is 4. The van der Waals surface area contributed by atoms with Gasteiger partial charge in [-0.3, -0.25) is 9.59 Å². The maximum atomic E-state index is 12.8. The van der Waals surface area contributed by atoms with Crippen LogP contribution in [0, 0.1) is 23.7 Å². The Kier molecular flexibility index (Phi) is 3.20. The van der Waals surface area contributed by atoms with Gasteiger partial charge in [0, 0.05) is 25.4 Å². The van der Waals surface area contributed by atoms with Crippen molar-refractivity contribution < 1.29 is 19.1 Å². The summed E-state index contributed by atoms with van der Waals surface area (Å²) in [7, 11) is 0. The van der Waals surface area contributed by atoms with Crippen molar-refractivity contribution in [2.75, 3.05) is 26.3 Å². The number of rotatable bonds is 4. The number of hydrogen-bond donors (Lipinski definition) is 1. The fraction of sp³-hybridized carbons (Fsp3) is 0.882. The van der Waals surface area contributed by atoms with Crippen LogP contribution in [0.1, 0.15) is 25.7 Å². The van der Waals surface area contributed by atoms with Crippen molar-refractivity contribution in [3.63, 3.8) is 0 Å². The van der Waals surface area contributed by atoms with Crippen LogP contribution in [0.2, 0.25) is 0 Å². The summed E-state index contributed by atoms with van der Waals surface area (Å²) in [4.78, 5) is 27.0. The molecule has 0 spiro atoms. The van der Waals surface area contributed by atoms with Gasteiger partial charge in [-0.1, -0.05) is 0 Å². The molecule has 0 aromatic heterocycles. The van der Waals surface area contributed by atoms with Gasteiger partial charge in [0.15, 0.2) is 0 Å². The topological polar surface area (TPSA) is 67.9 Å². The Morgan fingerprint density at radius 2 is 1.91 bits per heavy atom. The van der Waals surface area contributed by atoms with E-state index in [4.69, 9.17) is 9.47 Å². The molecule has 0 aromatic rings. The Morgan fingerprint density at radius 1 is 1.13 bits per heavy atom. The largest absolute Gasteiger partial charge is 0.381 e. The van der Waals surface area contributed by atoms with Crippen LogP contribution in [0.4, 0.5) is 0 Å². The fourth-order valence-corrected chi connectivity index (χ4v) is 4.67. The van der Waals surface area contributed by atoms with E-state index in [1.54, 1.807) is 0 Å². The molecule has 5 rings (SSSR count). The summed E-state index contributed by atoms with van der Waals surface area (Å²) >= 11 is 0. The van der Waals surface area contributed by atoms with Crippen molar-refractivity contribution in [1.82, 2.24) is 10.2 Å². The van der Waals surface area contributed by atoms with Gasteiger partial charge in [-0.05, 0) is 37.0 Å². The maximum absolute atomic E-state index is 12.8. The minimum Gasteiger partial charge on any atom is -0.381 e. The van der Waals surface area contributed by atoms with Gasteiger partial charge in [0.2, 0.25) is 11.8 Å². The van der Waals surface area contributed by atoms with Crippen LogP contribution < -0.4 is 5.32 Å². The summed E-state index contributed by atoms with van der Waals surface area (Å²) in [5, 5.41) is 3.00. The lowest BCUT2D eigenvalue weighted by Gasteiger charge is -2.24. The minimum absolute atomic E-state index is 0.00962. The highest BCUT2D eigenvalue weighted by Crippen LogP contribution is 2.52. The summed E-state index contributed by atoms with van der Waals surface area (Å²) < 4.78 is 11.3. The molecule has 5 fully saturated rings. The normalized spacial score (nSPS) is 44.1. The quantitative estimate of drug-likeness (QED) is 0.801. The molecule has 3 heterocycles.